The van der Waals surface area contributed by atoms with Gasteiger partial charge >= 0.3 is 6.09 Å². The number of aromatic nitrogens is 1. The Kier molecular flexibility index (Phi) is 3.70. The second kappa shape index (κ2) is 5.76. The van der Waals surface area contributed by atoms with Gasteiger partial charge in [-0.1, -0.05) is 6.07 Å². The quantitative estimate of drug-likeness (QED) is 0.886. The number of hydrogen-bond acceptors (Lipinski definition) is 3. The first-order chi connectivity index (χ1) is 11.6. The van der Waals surface area contributed by atoms with Gasteiger partial charge in [0.15, 0.2) is 0 Å². The fourth-order valence-corrected chi connectivity index (χ4v) is 4.28. The lowest BCUT2D eigenvalue weighted by Crippen LogP contribution is -2.39. The minimum absolute atomic E-state index is 0.0951. The van der Waals surface area contributed by atoms with Gasteiger partial charge in [0.05, 0.1) is 0 Å². The molecule has 3 fully saturated rings. The number of amides is 2. The molecule has 1 spiro atoms. The molecule has 2 aliphatic carbocycles. The molecule has 0 radical (unpaired) electrons. The first-order valence-corrected chi connectivity index (χ1v) is 8.74. The topological polar surface area (TPSA) is 82.5 Å². The van der Waals surface area contributed by atoms with Crippen LogP contribution in [0, 0.1) is 17.3 Å². The van der Waals surface area contributed by atoms with Crippen LogP contribution in [0.4, 0.5) is 4.79 Å². The Morgan fingerprint density at radius 2 is 2.17 bits per heavy atom. The number of carboxylic acid groups (broad SMARTS) is 1. The molecule has 0 bridgehead atoms. The number of rotatable bonds is 4. The summed E-state index contributed by atoms with van der Waals surface area (Å²) >= 11 is 0. The molecular formula is C18H23N3O3. The summed E-state index contributed by atoms with van der Waals surface area (Å²) in [6.07, 6.45) is 6.69. The summed E-state index contributed by atoms with van der Waals surface area (Å²) in [4.78, 5) is 28.9. The van der Waals surface area contributed by atoms with Gasteiger partial charge < -0.3 is 15.3 Å². The summed E-state index contributed by atoms with van der Waals surface area (Å²) in [5.74, 6) is 1.10. The van der Waals surface area contributed by atoms with Crippen molar-refractivity contribution in [3.63, 3.8) is 0 Å². The normalized spacial score (nSPS) is 30.0. The van der Waals surface area contributed by atoms with Gasteiger partial charge in [0.25, 0.3) is 0 Å². The van der Waals surface area contributed by atoms with Gasteiger partial charge in [-0.25, -0.2) is 4.79 Å². The van der Waals surface area contributed by atoms with Gasteiger partial charge in [-0.2, -0.15) is 0 Å². The highest BCUT2D eigenvalue weighted by Crippen LogP contribution is 2.59. The fraction of sp³-hybridized carbons (Fsp3) is 0.611. The van der Waals surface area contributed by atoms with Crippen molar-refractivity contribution in [2.24, 2.45) is 17.3 Å². The van der Waals surface area contributed by atoms with E-state index in [-0.39, 0.29) is 17.2 Å². The fourth-order valence-electron chi connectivity index (χ4n) is 4.28. The van der Waals surface area contributed by atoms with Gasteiger partial charge in [0, 0.05) is 37.9 Å². The maximum absolute atomic E-state index is 12.3. The van der Waals surface area contributed by atoms with Crippen LogP contribution in [0.15, 0.2) is 24.5 Å². The molecule has 2 heterocycles. The van der Waals surface area contributed by atoms with Crippen molar-refractivity contribution in [3.05, 3.63) is 30.1 Å². The zero-order chi connectivity index (χ0) is 16.7. The molecule has 6 nitrogen and oxygen atoms in total. The number of carbonyl (C=O) groups excluding carboxylic acids is 1. The van der Waals surface area contributed by atoms with E-state index < -0.39 is 6.09 Å². The Bertz CT molecular complexity index is 640. The predicted octanol–water partition coefficient (Wildman–Crippen LogP) is 2.08. The molecular weight excluding hydrogens is 306 g/mol. The zero-order valence-corrected chi connectivity index (χ0v) is 13.6. The van der Waals surface area contributed by atoms with Crippen molar-refractivity contribution in [3.8, 4) is 0 Å². The van der Waals surface area contributed by atoms with E-state index in [1.807, 2.05) is 18.3 Å². The minimum atomic E-state index is -0.814. The van der Waals surface area contributed by atoms with Crippen LogP contribution in [0.1, 0.15) is 37.2 Å². The van der Waals surface area contributed by atoms with E-state index in [9.17, 15) is 9.59 Å². The summed E-state index contributed by atoms with van der Waals surface area (Å²) in [7, 11) is 0. The molecule has 128 valence electrons. The van der Waals surface area contributed by atoms with Crippen molar-refractivity contribution in [1.29, 1.82) is 0 Å². The highest BCUT2D eigenvalue weighted by molar-refractivity contribution is 5.82. The summed E-state index contributed by atoms with van der Waals surface area (Å²) < 4.78 is 0. The van der Waals surface area contributed by atoms with Crippen molar-refractivity contribution >= 4 is 12.0 Å². The standard InChI is InChI=1S/C18H23N3O3/c22-16(15-8-14(15)12-2-1-5-19-10-12)20-11-13-9-18(13)3-6-21(7-4-18)17(23)24/h1-2,5,10,13-15H,3-4,6-9,11H2,(H,20,22)(H,23,24). The van der Waals surface area contributed by atoms with E-state index in [1.54, 1.807) is 6.20 Å². The van der Waals surface area contributed by atoms with E-state index >= 15 is 0 Å². The zero-order valence-electron chi connectivity index (χ0n) is 13.6. The van der Waals surface area contributed by atoms with E-state index in [0.29, 0.717) is 24.9 Å². The smallest absolute Gasteiger partial charge is 0.407 e. The molecule has 1 aromatic heterocycles. The maximum atomic E-state index is 12.3. The number of nitrogens with one attached hydrogen (secondary N) is 1. The lowest BCUT2D eigenvalue weighted by atomic mass is 9.91. The van der Waals surface area contributed by atoms with Crippen LogP contribution in [0.25, 0.3) is 0 Å². The first kappa shape index (κ1) is 15.4. The molecule has 1 aliphatic heterocycles. The Morgan fingerprint density at radius 1 is 1.38 bits per heavy atom. The molecule has 3 atom stereocenters. The number of pyridine rings is 1. The van der Waals surface area contributed by atoms with E-state index in [2.05, 4.69) is 10.3 Å². The second-order valence-electron chi connectivity index (χ2n) is 7.51. The largest absolute Gasteiger partial charge is 0.465 e. The molecule has 24 heavy (non-hydrogen) atoms. The second-order valence-corrected chi connectivity index (χ2v) is 7.51. The third-order valence-corrected chi connectivity index (χ3v) is 6.15. The van der Waals surface area contributed by atoms with Crippen LogP contribution in [0.3, 0.4) is 0 Å². The van der Waals surface area contributed by atoms with Gasteiger partial charge in [0.1, 0.15) is 0 Å². The maximum Gasteiger partial charge on any atom is 0.407 e. The summed E-state index contributed by atoms with van der Waals surface area (Å²) in [6, 6.07) is 3.96. The molecule has 2 amide bonds. The van der Waals surface area contributed by atoms with Crippen LogP contribution in [-0.4, -0.2) is 46.6 Å². The average Bonchev–Trinajstić information content (AvgIpc) is 3.50. The van der Waals surface area contributed by atoms with Gasteiger partial charge in [-0.05, 0) is 54.6 Å². The Morgan fingerprint density at radius 3 is 2.83 bits per heavy atom. The molecule has 6 heteroatoms. The number of nitrogens with zero attached hydrogens (tertiary/aromatic N) is 2. The van der Waals surface area contributed by atoms with Crippen molar-refractivity contribution < 1.29 is 14.7 Å². The van der Waals surface area contributed by atoms with E-state index in [0.717, 1.165) is 37.8 Å². The Hall–Kier alpha value is -2.11. The first-order valence-electron chi connectivity index (χ1n) is 8.74. The van der Waals surface area contributed by atoms with Crippen LogP contribution < -0.4 is 5.32 Å². The molecule has 0 aromatic carbocycles. The molecule has 2 saturated carbocycles. The highest BCUT2D eigenvalue weighted by atomic mass is 16.4. The Labute approximate surface area is 141 Å². The Balaban J connectivity index is 1.22. The molecule has 1 saturated heterocycles. The summed E-state index contributed by atoms with van der Waals surface area (Å²) in [5, 5.41) is 12.1. The lowest BCUT2D eigenvalue weighted by molar-refractivity contribution is -0.122. The third kappa shape index (κ3) is 2.85. The van der Waals surface area contributed by atoms with Gasteiger partial charge in [0.2, 0.25) is 5.91 Å². The van der Waals surface area contributed by atoms with Crippen LogP contribution >= 0.6 is 0 Å². The van der Waals surface area contributed by atoms with Crippen molar-refractivity contribution in [1.82, 2.24) is 15.2 Å². The van der Waals surface area contributed by atoms with Crippen molar-refractivity contribution in [2.45, 2.75) is 31.6 Å². The van der Waals surface area contributed by atoms with Gasteiger partial charge in [-0.15, -0.1) is 0 Å². The summed E-state index contributed by atoms with van der Waals surface area (Å²) in [5.41, 5.74) is 1.44. The molecule has 4 rings (SSSR count). The minimum Gasteiger partial charge on any atom is -0.465 e. The van der Waals surface area contributed by atoms with Crippen molar-refractivity contribution in [2.75, 3.05) is 19.6 Å². The van der Waals surface area contributed by atoms with E-state index in [4.69, 9.17) is 5.11 Å². The van der Waals surface area contributed by atoms with E-state index in [1.165, 1.54) is 4.90 Å². The number of likely N-dealkylation sites (tertiary alicyclic amines) is 1. The number of carbonyl (C=O) groups is 2. The van der Waals surface area contributed by atoms with Crippen LogP contribution in [0.5, 0.6) is 0 Å². The molecule has 3 aliphatic rings. The predicted molar refractivity (Wildman–Crippen MR) is 87.5 cm³/mol. The van der Waals surface area contributed by atoms with Gasteiger partial charge in [-0.3, -0.25) is 9.78 Å². The van der Waals surface area contributed by atoms with Crippen LogP contribution in [0.2, 0.25) is 0 Å². The average molecular weight is 329 g/mol. The monoisotopic (exact) mass is 329 g/mol. The lowest BCUT2D eigenvalue weighted by Gasteiger charge is -2.31. The number of hydrogen-bond donors (Lipinski definition) is 2. The molecule has 3 unspecified atom stereocenters. The SMILES string of the molecule is O=C(NCC1CC12CCN(C(=O)O)CC2)C1CC1c1cccnc1. The van der Waals surface area contributed by atoms with Crippen LogP contribution in [-0.2, 0) is 4.79 Å². The number of piperidine rings is 1. The third-order valence-electron chi connectivity index (χ3n) is 6.15. The molecule has 1 aromatic rings. The summed E-state index contributed by atoms with van der Waals surface area (Å²) in [6.45, 7) is 2.00. The highest BCUT2D eigenvalue weighted by Gasteiger charge is 2.55. The molecule has 2 N–H and O–H groups in total.